The van der Waals surface area contributed by atoms with E-state index in [1.54, 1.807) is 0 Å². The first-order valence-corrected chi connectivity index (χ1v) is 14.7. The van der Waals surface area contributed by atoms with Crippen LogP contribution in [0.1, 0.15) is 12.3 Å². The largest absolute Gasteiger partial charge is 0.456 e. The highest BCUT2D eigenvalue weighted by Crippen LogP contribution is 2.50. The zero-order valence-corrected chi connectivity index (χ0v) is 23.9. The van der Waals surface area contributed by atoms with Crippen molar-refractivity contribution in [1.29, 1.82) is 0 Å². The van der Waals surface area contributed by atoms with Crippen molar-refractivity contribution >= 4 is 43.5 Å². The smallest absolute Gasteiger partial charge is 0.136 e. The fourth-order valence-corrected chi connectivity index (χ4v) is 6.66. The van der Waals surface area contributed by atoms with Crippen LogP contribution in [-0.2, 0) is 0 Å². The third-order valence-electron chi connectivity index (χ3n) is 8.50. The minimum absolute atomic E-state index is 0.0498. The van der Waals surface area contributed by atoms with Gasteiger partial charge in [0.05, 0.1) is 12.3 Å². The van der Waals surface area contributed by atoms with Crippen LogP contribution in [0, 0.1) is 0 Å². The molecule has 45 heavy (non-hydrogen) atoms. The van der Waals surface area contributed by atoms with Crippen LogP contribution in [0.4, 0.5) is 0 Å². The molecule has 0 unspecified atom stereocenters. The maximum Gasteiger partial charge on any atom is 0.136 e. The predicted octanol–water partition coefficient (Wildman–Crippen LogP) is 12.6. The molecule has 0 aliphatic rings. The summed E-state index contributed by atoms with van der Waals surface area (Å²) in [6.45, 7) is 0. The Bertz CT molecular complexity index is 2960. The lowest BCUT2D eigenvalue weighted by molar-refractivity contribution is 0.669. The lowest BCUT2D eigenvalue weighted by Crippen LogP contribution is -1.94. The second kappa shape index (κ2) is 10.4. The van der Waals surface area contributed by atoms with Crippen molar-refractivity contribution in [3.8, 4) is 44.5 Å². The highest BCUT2D eigenvalue weighted by molar-refractivity contribution is 6.28. The summed E-state index contributed by atoms with van der Waals surface area (Å²) >= 11 is 0. The molecule has 0 amide bonds. The third kappa shape index (κ3) is 4.02. The average molecular weight is 582 g/mol. The van der Waals surface area contributed by atoms with Gasteiger partial charge in [-0.15, -0.1) is 0 Å². The van der Waals surface area contributed by atoms with Crippen LogP contribution in [0.5, 0.6) is 0 Å². The Morgan fingerprint density at radius 2 is 0.911 bits per heavy atom. The Kier molecular flexibility index (Phi) is 4.15. The van der Waals surface area contributed by atoms with Crippen molar-refractivity contribution in [1.82, 2.24) is 0 Å². The summed E-state index contributed by atoms with van der Waals surface area (Å²) in [4.78, 5) is 0. The van der Waals surface area contributed by atoms with Gasteiger partial charge in [0.2, 0.25) is 0 Å². The summed E-state index contributed by atoms with van der Waals surface area (Å²) < 4.78 is 85.4. The molecule has 9 rings (SSSR count). The van der Waals surface area contributed by atoms with Gasteiger partial charge in [0, 0.05) is 16.3 Å². The van der Waals surface area contributed by atoms with Crippen LogP contribution in [0.2, 0.25) is 0 Å². The lowest BCUT2D eigenvalue weighted by atomic mass is 9.81. The molecule has 210 valence electrons. The van der Waals surface area contributed by atoms with Crippen LogP contribution in [0.15, 0.2) is 174 Å². The Balaban J connectivity index is 1.52. The van der Waals surface area contributed by atoms with E-state index >= 15 is 0 Å². The van der Waals surface area contributed by atoms with Crippen molar-refractivity contribution in [2.24, 2.45) is 0 Å². The monoisotopic (exact) mass is 581 g/mol. The summed E-state index contributed by atoms with van der Waals surface area (Å²) in [5.41, 5.74) is 5.32. The van der Waals surface area contributed by atoms with E-state index in [4.69, 9.17) is 14.0 Å². The van der Waals surface area contributed by atoms with Gasteiger partial charge >= 0.3 is 0 Å². The fourth-order valence-electron chi connectivity index (χ4n) is 6.66. The van der Waals surface area contributed by atoms with E-state index < -0.39 is 48.3 Å². The van der Waals surface area contributed by atoms with E-state index in [2.05, 4.69) is 18.2 Å². The van der Waals surface area contributed by atoms with E-state index in [0.29, 0.717) is 21.9 Å². The summed E-state index contributed by atoms with van der Waals surface area (Å²) in [6.07, 6.45) is 0. The van der Waals surface area contributed by atoms with Crippen LogP contribution in [0.25, 0.3) is 88.0 Å². The number of para-hydroxylation sites is 1. The third-order valence-corrected chi connectivity index (χ3v) is 8.50. The van der Waals surface area contributed by atoms with Gasteiger partial charge in [0.25, 0.3) is 0 Å². The molecular weight excluding hydrogens is 544 g/mol. The van der Waals surface area contributed by atoms with E-state index in [1.165, 1.54) is 0 Å². The Morgan fingerprint density at radius 1 is 0.356 bits per heavy atom. The van der Waals surface area contributed by atoms with Gasteiger partial charge < -0.3 is 4.42 Å². The maximum absolute atomic E-state index is 9.39. The van der Waals surface area contributed by atoms with Gasteiger partial charge in [0.15, 0.2) is 0 Å². The summed E-state index contributed by atoms with van der Waals surface area (Å²) in [5, 5.41) is 4.78. The van der Waals surface area contributed by atoms with E-state index in [0.717, 1.165) is 49.4 Å². The second-order valence-corrected chi connectivity index (χ2v) is 10.9. The molecule has 9 aromatic rings. The van der Waals surface area contributed by atoms with Crippen molar-refractivity contribution in [2.45, 2.75) is 0 Å². The quantitative estimate of drug-likeness (QED) is 0.188. The molecule has 1 heteroatoms. The van der Waals surface area contributed by atoms with Gasteiger partial charge in [-0.2, -0.15) is 0 Å². The first-order valence-electron chi connectivity index (χ1n) is 19.2. The van der Waals surface area contributed by atoms with Gasteiger partial charge in [0.1, 0.15) is 11.2 Å². The minimum Gasteiger partial charge on any atom is -0.456 e. The number of hydrogen-bond acceptors (Lipinski definition) is 1. The first kappa shape index (κ1) is 18.0. The molecule has 0 bridgehead atoms. The van der Waals surface area contributed by atoms with Gasteiger partial charge in [-0.3, -0.25) is 0 Å². The van der Waals surface area contributed by atoms with Crippen LogP contribution in [0.3, 0.4) is 0 Å². The van der Waals surface area contributed by atoms with Crippen LogP contribution in [-0.4, -0.2) is 0 Å². The number of hydrogen-bond donors (Lipinski definition) is 0. The summed E-state index contributed by atoms with van der Waals surface area (Å²) in [7, 11) is 0. The molecule has 8 aromatic carbocycles. The van der Waals surface area contributed by atoms with E-state index in [-0.39, 0.29) is 22.7 Å². The summed E-state index contributed by atoms with van der Waals surface area (Å²) in [5.74, 6) is 0. The molecule has 0 spiro atoms. The molecule has 0 radical (unpaired) electrons. The van der Waals surface area contributed by atoms with Crippen molar-refractivity contribution in [2.75, 3.05) is 0 Å². The van der Waals surface area contributed by atoms with Crippen LogP contribution < -0.4 is 0 Å². The number of furan rings is 1. The number of rotatable bonds is 4. The molecule has 1 nitrogen and oxygen atoms in total. The molecule has 0 saturated carbocycles. The number of benzene rings is 8. The Labute approximate surface area is 274 Å². The van der Waals surface area contributed by atoms with E-state index in [1.807, 2.05) is 97.1 Å². The van der Waals surface area contributed by atoms with Crippen molar-refractivity contribution < 1.29 is 16.8 Å². The minimum atomic E-state index is -0.594. The Morgan fingerprint density at radius 3 is 1.60 bits per heavy atom. The topological polar surface area (TPSA) is 13.1 Å². The van der Waals surface area contributed by atoms with Gasteiger partial charge in [-0.25, -0.2) is 0 Å². The molecule has 0 fully saturated rings. The molecule has 1 heterocycles. The SMILES string of the molecule is [2H]c1c([2H])c([2H])c(-c2c([2H])c([2H])c([2H])c([2H])c2-c2c3ccccc3c(-c3c(-c4ccccc4)ccc4oc5ccccc5c34)c3ccccc23)c([2H])c1[2H]. The molecular formula is C44H28O. The molecule has 1 aromatic heterocycles. The molecule has 0 aliphatic carbocycles. The zero-order chi connectivity index (χ0) is 37.6. The fraction of sp³-hybridized carbons (Fsp3) is 0. The lowest BCUT2D eigenvalue weighted by Gasteiger charge is -2.21. The summed E-state index contributed by atoms with van der Waals surface area (Å²) in [6, 6.07) is 32.7. The highest BCUT2D eigenvalue weighted by atomic mass is 16.3. The molecule has 0 atom stereocenters. The maximum atomic E-state index is 9.39. The standard InChI is InChI=1S/C44H28O/c1-3-15-29(16-4-1)31-19-7-8-20-33(31)41-34-21-9-11-23-36(34)42(37-24-12-10-22-35(37)41)44-32(30-17-5-2-6-18-30)27-28-40-43(44)38-25-13-14-26-39(38)45-40/h1-28H/i1D,3D,4D,7D,8D,15D,16D,19D,20D. The second-order valence-electron chi connectivity index (χ2n) is 10.9. The Hall–Kier alpha value is -5.92. The highest BCUT2D eigenvalue weighted by Gasteiger charge is 2.24. The van der Waals surface area contributed by atoms with Gasteiger partial charge in [-0.1, -0.05) is 158 Å². The first-order chi connectivity index (χ1) is 26.1. The average Bonchev–Trinajstić information content (AvgIpc) is 3.59. The molecule has 0 N–H and O–H groups in total. The van der Waals surface area contributed by atoms with Crippen molar-refractivity contribution in [3.63, 3.8) is 0 Å². The molecule has 0 aliphatic heterocycles. The number of fused-ring (bicyclic) bond motifs is 5. The predicted molar refractivity (Wildman–Crippen MR) is 190 cm³/mol. The van der Waals surface area contributed by atoms with Gasteiger partial charge in [-0.05, 0) is 72.6 Å². The van der Waals surface area contributed by atoms with E-state index in [9.17, 15) is 2.74 Å². The zero-order valence-electron chi connectivity index (χ0n) is 32.9. The molecule has 0 saturated heterocycles. The van der Waals surface area contributed by atoms with Crippen LogP contribution >= 0.6 is 0 Å². The normalized spacial score (nSPS) is 14.4. The van der Waals surface area contributed by atoms with Crippen molar-refractivity contribution in [3.05, 3.63) is 170 Å².